The van der Waals surface area contributed by atoms with Crippen molar-refractivity contribution in [2.24, 2.45) is 5.92 Å². The number of rotatable bonds is 3. The average molecular weight is 207 g/mol. The Balaban J connectivity index is 3.92. The molecule has 0 unspecified atom stereocenters. The van der Waals surface area contributed by atoms with Crippen LogP contribution in [-0.2, 0) is 0 Å². The minimum Gasteiger partial charge on any atom is -0.511 e. The highest BCUT2D eigenvalue weighted by Crippen LogP contribution is 2.20. The molecule has 0 atom stereocenters. The van der Waals surface area contributed by atoms with E-state index < -0.39 is 0 Å². The zero-order valence-electron chi connectivity index (χ0n) is 6.82. The molecule has 0 aromatic rings. The summed E-state index contributed by atoms with van der Waals surface area (Å²) in [6.07, 6.45) is 1.65. The van der Waals surface area contributed by atoms with Crippen LogP contribution in [0.1, 0.15) is 33.6 Å². The van der Waals surface area contributed by atoms with Gasteiger partial charge in [0.05, 0.1) is 0 Å². The Kier molecular flexibility index (Phi) is 4.79. The van der Waals surface area contributed by atoms with Gasteiger partial charge in [-0.15, -0.1) is 0 Å². The molecule has 2 heteroatoms. The highest BCUT2D eigenvalue weighted by atomic mass is 79.9. The predicted octanol–water partition coefficient (Wildman–Crippen LogP) is 3.61. The van der Waals surface area contributed by atoms with Crippen molar-refractivity contribution in [3.05, 3.63) is 10.2 Å². The Morgan fingerprint density at radius 1 is 1.50 bits per heavy atom. The van der Waals surface area contributed by atoms with Gasteiger partial charge in [0.15, 0.2) is 0 Å². The molecule has 0 aliphatic carbocycles. The van der Waals surface area contributed by atoms with Crippen LogP contribution in [0.25, 0.3) is 0 Å². The van der Waals surface area contributed by atoms with Gasteiger partial charge in [-0.05, 0) is 12.3 Å². The summed E-state index contributed by atoms with van der Waals surface area (Å²) in [5.41, 5.74) is 0. The molecule has 0 aromatic heterocycles. The fourth-order valence-electron chi connectivity index (χ4n) is 0.668. The minimum atomic E-state index is 0.480. The van der Waals surface area contributed by atoms with Gasteiger partial charge in [-0.25, -0.2) is 0 Å². The van der Waals surface area contributed by atoms with E-state index in [0.717, 1.165) is 10.9 Å². The minimum absolute atomic E-state index is 0.480. The first kappa shape index (κ1) is 10.0. The van der Waals surface area contributed by atoms with Crippen molar-refractivity contribution < 1.29 is 5.11 Å². The summed E-state index contributed by atoms with van der Waals surface area (Å²) in [6.45, 7) is 6.20. The molecule has 0 fully saturated rings. The van der Waals surface area contributed by atoms with E-state index in [0.29, 0.717) is 18.1 Å². The fourth-order valence-corrected chi connectivity index (χ4v) is 1.60. The van der Waals surface area contributed by atoms with Gasteiger partial charge in [-0.2, -0.15) is 0 Å². The first-order valence-corrected chi connectivity index (χ1v) is 4.43. The third-order valence-electron chi connectivity index (χ3n) is 1.24. The number of aliphatic hydroxyl groups excluding tert-OH is 1. The second kappa shape index (κ2) is 4.78. The maximum Gasteiger partial charge on any atom is 0.102 e. The molecule has 0 radical (unpaired) electrons. The number of aliphatic hydroxyl groups is 1. The van der Waals surface area contributed by atoms with Crippen LogP contribution in [0.3, 0.4) is 0 Å². The Bertz CT molecular complexity index is 127. The third kappa shape index (κ3) is 3.94. The van der Waals surface area contributed by atoms with Crippen molar-refractivity contribution >= 4 is 15.9 Å². The van der Waals surface area contributed by atoms with Gasteiger partial charge in [-0.1, -0.05) is 36.7 Å². The van der Waals surface area contributed by atoms with Crippen LogP contribution in [0.15, 0.2) is 10.2 Å². The number of hydrogen-bond acceptors (Lipinski definition) is 1. The van der Waals surface area contributed by atoms with Gasteiger partial charge in [0, 0.05) is 10.9 Å². The number of allylic oxidation sites excluding steroid dienone is 2. The molecule has 1 N–H and O–H groups in total. The maximum atomic E-state index is 9.21. The van der Waals surface area contributed by atoms with E-state index in [9.17, 15) is 5.11 Å². The third-order valence-corrected chi connectivity index (χ3v) is 2.02. The first-order valence-electron chi connectivity index (χ1n) is 3.64. The Morgan fingerprint density at radius 3 is 2.30 bits per heavy atom. The quantitative estimate of drug-likeness (QED) is 0.701. The van der Waals surface area contributed by atoms with Crippen molar-refractivity contribution in [1.29, 1.82) is 0 Å². The van der Waals surface area contributed by atoms with Crippen LogP contribution in [0.4, 0.5) is 0 Å². The summed E-state index contributed by atoms with van der Waals surface area (Å²) in [6, 6.07) is 0. The molecule has 10 heavy (non-hydrogen) atoms. The highest BCUT2D eigenvalue weighted by molar-refractivity contribution is 9.11. The van der Waals surface area contributed by atoms with Crippen LogP contribution < -0.4 is 0 Å². The molecule has 0 aliphatic heterocycles. The van der Waals surface area contributed by atoms with Gasteiger partial charge in [0.25, 0.3) is 0 Å². The molecule has 0 rings (SSSR count). The summed E-state index contributed by atoms with van der Waals surface area (Å²) in [4.78, 5) is 0. The molecule has 0 aromatic carbocycles. The monoisotopic (exact) mass is 206 g/mol. The highest BCUT2D eigenvalue weighted by Gasteiger charge is 2.01. The summed E-state index contributed by atoms with van der Waals surface area (Å²) in [5.74, 6) is 1.08. The van der Waals surface area contributed by atoms with Crippen molar-refractivity contribution in [3.8, 4) is 0 Å². The van der Waals surface area contributed by atoms with Crippen LogP contribution in [-0.4, -0.2) is 5.11 Å². The lowest BCUT2D eigenvalue weighted by Crippen LogP contribution is -1.90. The molecule has 60 valence electrons. The van der Waals surface area contributed by atoms with Crippen molar-refractivity contribution in [2.45, 2.75) is 33.6 Å². The van der Waals surface area contributed by atoms with Crippen LogP contribution in [0, 0.1) is 5.92 Å². The molecule has 0 spiro atoms. The SMILES string of the molecule is CC/C(O)=C(/Br)CC(C)C. The van der Waals surface area contributed by atoms with E-state index >= 15 is 0 Å². The lowest BCUT2D eigenvalue weighted by atomic mass is 10.1. The van der Waals surface area contributed by atoms with E-state index in [1.165, 1.54) is 0 Å². The molecule has 0 saturated heterocycles. The van der Waals surface area contributed by atoms with Crippen LogP contribution in [0.5, 0.6) is 0 Å². The van der Waals surface area contributed by atoms with E-state index in [4.69, 9.17) is 0 Å². The molecule has 0 saturated carbocycles. The van der Waals surface area contributed by atoms with E-state index in [1.807, 2.05) is 6.92 Å². The Hall–Kier alpha value is 0.0200. The maximum absolute atomic E-state index is 9.21. The predicted molar refractivity (Wildman–Crippen MR) is 48.3 cm³/mol. The molecular formula is C8H15BrO. The van der Waals surface area contributed by atoms with E-state index in [2.05, 4.69) is 29.8 Å². The fraction of sp³-hybridized carbons (Fsp3) is 0.750. The van der Waals surface area contributed by atoms with Gasteiger partial charge in [-0.3, -0.25) is 0 Å². The van der Waals surface area contributed by atoms with Crippen LogP contribution in [0.2, 0.25) is 0 Å². The standard InChI is InChI=1S/C8H15BrO/c1-4-8(10)7(9)5-6(2)3/h6,10H,4-5H2,1-3H3/b8-7-. The largest absolute Gasteiger partial charge is 0.511 e. The zero-order valence-corrected chi connectivity index (χ0v) is 8.40. The van der Waals surface area contributed by atoms with Gasteiger partial charge in [0.1, 0.15) is 5.76 Å². The molecular weight excluding hydrogens is 192 g/mol. The van der Waals surface area contributed by atoms with E-state index in [1.54, 1.807) is 0 Å². The van der Waals surface area contributed by atoms with Gasteiger partial charge in [0.2, 0.25) is 0 Å². The Labute approximate surface area is 71.3 Å². The van der Waals surface area contributed by atoms with Crippen molar-refractivity contribution in [2.75, 3.05) is 0 Å². The van der Waals surface area contributed by atoms with Crippen molar-refractivity contribution in [3.63, 3.8) is 0 Å². The first-order chi connectivity index (χ1) is 4.57. The molecule has 0 amide bonds. The summed E-state index contributed by atoms with van der Waals surface area (Å²) >= 11 is 3.33. The number of halogens is 1. The number of hydrogen-bond donors (Lipinski definition) is 1. The average Bonchev–Trinajstić information content (AvgIpc) is 1.85. The molecule has 0 heterocycles. The second-order valence-corrected chi connectivity index (χ2v) is 3.76. The zero-order chi connectivity index (χ0) is 8.15. The molecule has 0 aliphatic rings. The lowest BCUT2D eigenvalue weighted by molar-refractivity contribution is 0.387. The summed E-state index contributed by atoms with van der Waals surface area (Å²) < 4.78 is 0.949. The van der Waals surface area contributed by atoms with E-state index in [-0.39, 0.29) is 0 Å². The smallest absolute Gasteiger partial charge is 0.102 e. The normalized spacial score (nSPS) is 13.7. The summed E-state index contributed by atoms with van der Waals surface area (Å²) in [7, 11) is 0. The van der Waals surface area contributed by atoms with Gasteiger partial charge < -0.3 is 5.11 Å². The Morgan fingerprint density at radius 2 is 2.00 bits per heavy atom. The molecule has 0 bridgehead atoms. The lowest BCUT2D eigenvalue weighted by Gasteiger charge is -2.04. The molecule has 1 nitrogen and oxygen atoms in total. The van der Waals surface area contributed by atoms with Crippen LogP contribution >= 0.6 is 15.9 Å². The summed E-state index contributed by atoms with van der Waals surface area (Å²) in [5, 5.41) is 9.21. The van der Waals surface area contributed by atoms with Crippen molar-refractivity contribution in [1.82, 2.24) is 0 Å². The van der Waals surface area contributed by atoms with Gasteiger partial charge >= 0.3 is 0 Å². The topological polar surface area (TPSA) is 20.2 Å². The second-order valence-electron chi connectivity index (χ2n) is 2.80.